The molecule has 1 rings (SSSR count). The highest BCUT2D eigenvalue weighted by Crippen LogP contribution is 2.26. The van der Waals surface area contributed by atoms with E-state index in [1.165, 1.54) is 31.3 Å². The van der Waals surface area contributed by atoms with Crippen LogP contribution < -0.4 is 4.74 Å². The molecule has 1 aromatic carbocycles. The van der Waals surface area contributed by atoms with Crippen molar-refractivity contribution in [3.05, 3.63) is 23.8 Å². The van der Waals surface area contributed by atoms with Crippen molar-refractivity contribution in [2.45, 2.75) is 6.10 Å². The quantitative estimate of drug-likeness (QED) is 0.785. The molecule has 19 heavy (non-hydrogen) atoms. The largest absolute Gasteiger partial charge is 0.504 e. The summed E-state index contributed by atoms with van der Waals surface area (Å²) in [5.74, 6) is -0.0917. The lowest BCUT2D eigenvalue weighted by atomic mass is 10.1. The molecule has 0 saturated heterocycles. The number of carbonyl (C=O) groups excluding carboxylic acids is 1. The highest BCUT2D eigenvalue weighted by molar-refractivity contribution is 5.94. The topological polar surface area (TPSA) is 79.2 Å². The van der Waals surface area contributed by atoms with E-state index in [4.69, 9.17) is 9.47 Å². The Morgan fingerprint density at radius 1 is 1.42 bits per heavy atom. The molecule has 1 amide bonds. The average Bonchev–Trinajstić information content (AvgIpc) is 2.37. The lowest BCUT2D eigenvalue weighted by Crippen LogP contribution is -2.36. The first-order valence-corrected chi connectivity index (χ1v) is 5.79. The van der Waals surface area contributed by atoms with Gasteiger partial charge in [0.2, 0.25) is 0 Å². The number of likely N-dealkylation sites (N-methyl/N-ethyl adjacent to an activating group) is 1. The molecule has 0 bridgehead atoms. The zero-order chi connectivity index (χ0) is 14.4. The summed E-state index contributed by atoms with van der Waals surface area (Å²) in [5, 5.41) is 19.2. The van der Waals surface area contributed by atoms with Gasteiger partial charge in [-0.3, -0.25) is 4.79 Å². The Labute approximate surface area is 112 Å². The molecular formula is C13H19NO5. The molecule has 1 aromatic rings. The van der Waals surface area contributed by atoms with E-state index < -0.39 is 6.10 Å². The molecule has 106 valence electrons. The van der Waals surface area contributed by atoms with Crippen LogP contribution in [-0.4, -0.2) is 61.5 Å². The van der Waals surface area contributed by atoms with Crippen LogP contribution in [0.5, 0.6) is 11.5 Å². The smallest absolute Gasteiger partial charge is 0.253 e. The average molecular weight is 269 g/mol. The molecule has 0 radical (unpaired) electrons. The summed E-state index contributed by atoms with van der Waals surface area (Å²) >= 11 is 0. The molecular weight excluding hydrogens is 250 g/mol. The fraction of sp³-hybridized carbons (Fsp3) is 0.462. The number of hydrogen-bond donors (Lipinski definition) is 2. The molecule has 6 heteroatoms. The van der Waals surface area contributed by atoms with Gasteiger partial charge in [0.05, 0.1) is 19.8 Å². The number of amides is 1. The van der Waals surface area contributed by atoms with Crippen molar-refractivity contribution in [1.82, 2.24) is 4.90 Å². The predicted octanol–water partition coefficient (Wildman–Crippen LogP) is 0.480. The van der Waals surface area contributed by atoms with E-state index in [0.717, 1.165) is 0 Å². The molecule has 0 aliphatic heterocycles. The number of phenols is 1. The summed E-state index contributed by atoms with van der Waals surface area (Å²) in [7, 11) is 4.48. The summed E-state index contributed by atoms with van der Waals surface area (Å²) in [6, 6.07) is 4.41. The van der Waals surface area contributed by atoms with Crippen molar-refractivity contribution in [2.24, 2.45) is 0 Å². The standard InChI is InChI=1S/C13H19NO5/c1-14(7-10(15)8-18-2)13(17)9-4-5-12(19-3)11(16)6-9/h4-6,10,15-16H,7-8H2,1-3H3. The summed E-state index contributed by atoms with van der Waals surface area (Å²) in [4.78, 5) is 13.4. The Hall–Kier alpha value is -1.79. The van der Waals surface area contributed by atoms with E-state index in [9.17, 15) is 15.0 Å². The van der Waals surface area contributed by atoms with E-state index >= 15 is 0 Å². The molecule has 0 saturated carbocycles. The van der Waals surface area contributed by atoms with Crippen LogP contribution in [0.1, 0.15) is 10.4 Å². The number of methoxy groups -OCH3 is 2. The predicted molar refractivity (Wildman–Crippen MR) is 69.5 cm³/mol. The van der Waals surface area contributed by atoms with Crippen molar-refractivity contribution >= 4 is 5.91 Å². The first kappa shape index (κ1) is 15.3. The van der Waals surface area contributed by atoms with Gasteiger partial charge in [-0.25, -0.2) is 0 Å². The number of carbonyl (C=O) groups is 1. The number of phenolic OH excluding ortho intramolecular Hbond substituents is 1. The monoisotopic (exact) mass is 269 g/mol. The number of aliphatic hydroxyl groups excluding tert-OH is 1. The van der Waals surface area contributed by atoms with Gasteiger partial charge in [0.1, 0.15) is 0 Å². The third kappa shape index (κ3) is 4.11. The van der Waals surface area contributed by atoms with E-state index in [2.05, 4.69) is 0 Å². The Morgan fingerprint density at radius 2 is 2.11 bits per heavy atom. The maximum Gasteiger partial charge on any atom is 0.253 e. The molecule has 6 nitrogen and oxygen atoms in total. The molecule has 0 aliphatic carbocycles. The van der Waals surface area contributed by atoms with Gasteiger partial charge in [-0.15, -0.1) is 0 Å². The molecule has 0 heterocycles. The first-order chi connectivity index (χ1) is 8.99. The van der Waals surface area contributed by atoms with Crippen LogP contribution in [0.25, 0.3) is 0 Å². The Kier molecular flexibility index (Phi) is 5.59. The summed E-state index contributed by atoms with van der Waals surface area (Å²) in [6.07, 6.45) is -0.745. The van der Waals surface area contributed by atoms with Crippen LogP contribution in [0, 0.1) is 0 Å². The number of rotatable bonds is 6. The van der Waals surface area contributed by atoms with Gasteiger partial charge < -0.3 is 24.6 Å². The number of hydrogen-bond acceptors (Lipinski definition) is 5. The normalized spacial score (nSPS) is 12.0. The SMILES string of the molecule is COCC(O)CN(C)C(=O)c1ccc(OC)c(O)c1. The van der Waals surface area contributed by atoms with E-state index in [-0.39, 0.29) is 24.8 Å². The van der Waals surface area contributed by atoms with Crippen LogP contribution in [0.4, 0.5) is 0 Å². The Bertz CT molecular complexity index is 435. The Balaban J connectivity index is 2.74. The zero-order valence-corrected chi connectivity index (χ0v) is 11.3. The highest BCUT2D eigenvalue weighted by atomic mass is 16.5. The zero-order valence-electron chi connectivity index (χ0n) is 11.3. The van der Waals surface area contributed by atoms with Crippen molar-refractivity contribution in [2.75, 3.05) is 34.4 Å². The van der Waals surface area contributed by atoms with E-state index in [1.807, 2.05) is 0 Å². The van der Waals surface area contributed by atoms with Gasteiger partial charge in [0.25, 0.3) is 5.91 Å². The van der Waals surface area contributed by atoms with Crippen LogP contribution in [0.15, 0.2) is 18.2 Å². The number of aromatic hydroxyl groups is 1. The second-order valence-corrected chi connectivity index (χ2v) is 4.18. The second kappa shape index (κ2) is 6.96. The second-order valence-electron chi connectivity index (χ2n) is 4.18. The minimum Gasteiger partial charge on any atom is -0.504 e. The summed E-state index contributed by atoms with van der Waals surface area (Å²) in [6.45, 7) is 0.310. The van der Waals surface area contributed by atoms with Crippen LogP contribution in [-0.2, 0) is 4.74 Å². The van der Waals surface area contributed by atoms with Gasteiger partial charge in [-0.2, -0.15) is 0 Å². The number of nitrogens with zero attached hydrogens (tertiary/aromatic N) is 1. The number of benzene rings is 1. The van der Waals surface area contributed by atoms with Gasteiger partial charge >= 0.3 is 0 Å². The molecule has 0 aliphatic rings. The fourth-order valence-electron chi connectivity index (χ4n) is 1.69. The molecule has 0 fully saturated rings. The van der Waals surface area contributed by atoms with Crippen molar-refractivity contribution in [1.29, 1.82) is 0 Å². The van der Waals surface area contributed by atoms with Gasteiger partial charge in [0, 0.05) is 26.3 Å². The van der Waals surface area contributed by atoms with Crippen LogP contribution >= 0.6 is 0 Å². The minimum absolute atomic E-state index is 0.0980. The van der Waals surface area contributed by atoms with Gasteiger partial charge in [-0.1, -0.05) is 0 Å². The highest BCUT2D eigenvalue weighted by Gasteiger charge is 2.16. The molecule has 0 spiro atoms. The summed E-state index contributed by atoms with van der Waals surface area (Å²) in [5.41, 5.74) is 0.324. The number of aliphatic hydroxyl groups is 1. The maximum atomic E-state index is 12.1. The van der Waals surface area contributed by atoms with Crippen LogP contribution in [0.2, 0.25) is 0 Å². The maximum absolute atomic E-state index is 12.1. The van der Waals surface area contributed by atoms with Crippen molar-refractivity contribution in [3.63, 3.8) is 0 Å². The van der Waals surface area contributed by atoms with Crippen LogP contribution in [0.3, 0.4) is 0 Å². The Morgan fingerprint density at radius 3 is 2.63 bits per heavy atom. The third-order valence-electron chi connectivity index (χ3n) is 2.62. The first-order valence-electron chi connectivity index (χ1n) is 5.79. The lowest BCUT2D eigenvalue weighted by molar-refractivity contribution is 0.0380. The summed E-state index contributed by atoms with van der Waals surface area (Å²) < 4.78 is 9.70. The van der Waals surface area contributed by atoms with E-state index in [0.29, 0.717) is 11.3 Å². The lowest BCUT2D eigenvalue weighted by Gasteiger charge is -2.20. The third-order valence-corrected chi connectivity index (χ3v) is 2.62. The molecule has 2 N–H and O–H groups in total. The van der Waals surface area contributed by atoms with Crippen molar-refractivity contribution < 1.29 is 24.5 Å². The van der Waals surface area contributed by atoms with Gasteiger partial charge in [0.15, 0.2) is 11.5 Å². The molecule has 0 aromatic heterocycles. The minimum atomic E-state index is -0.745. The van der Waals surface area contributed by atoms with E-state index in [1.54, 1.807) is 13.1 Å². The number of ether oxygens (including phenoxy) is 2. The van der Waals surface area contributed by atoms with Crippen molar-refractivity contribution in [3.8, 4) is 11.5 Å². The molecule has 1 unspecified atom stereocenters. The fourth-order valence-corrected chi connectivity index (χ4v) is 1.69. The molecule has 1 atom stereocenters. The van der Waals surface area contributed by atoms with Gasteiger partial charge in [-0.05, 0) is 18.2 Å².